The maximum absolute atomic E-state index is 6.34. The highest BCUT2D eigenvalue weighted by Crippen LogP contribution is 2.36. The molecule has 0 bridgehead atoms. The van der Waals surface area contributed by atoms with Crippen LogP contribution in [0.2, 0.25) is 0 Å². The number of allylic oxidation sites excluding steroid dienone is 3. The monoisotopic (exact) mass is 485 g/mol. The van der Waals surface area contributed by atoms with Crippen LogP contribution in [0.4, 0.5) is 0 Å². The molecule has 2 aromatic rings. The van der Waals surface area contributed by atoms with Crippen molar-refractivity contribution in [3.8, 4) is 0 Å². The number of hydrogen-bond acceptors (Lipinski definition) is 5. The van der Waals surface area contributed by atoms with Crippen molar-refractivity contribution in [2.75, 3.05) is 32.1 Å². The van der Waals surface area contributed by atoms with Gasteiger partial charge in [-0.25, -0.2) is 0 Å². The Morgan fingerprint density at radius 2 is 1.74 bits per heavy atom. The standard InChI is InChI=1S/C30H35N3OS/c31-15-7-10-25-19-30-26(18-27(25)22-35-29-11-5-2-6-12-29)21-33(23-34-30)28-13-16-32(17-14-28)20-24-8-3-1-4-9-24/h1-12,15,18,28H,13-14,16-17,19-23,31H2/b15-7-,25-10+. The van der Waals surface area contributed by atoms with Gasteiger partial charge >= 0.3 is 0 Å². The summed E-state index contributed by atoms with van der Waals surface area (Å²) in [4.78, 5) is 6.43. The van der Waals surface area contributed by atoms with Gasteiger partial charge in [0.05, 0.1) is 0 Å². The fourth-order valence-corrected chi connectivity index (χ4v) is 6.10. The zero-order valence-electron chi connectivity index (χ0n) is 20.3. The summed E-state index contributed by atoms with van der Waals surface area (Å²) in [5.41, 5.74) is 11.1. The number of nitrogens with two attached hydrogens (primary N) is 1. The van der Waals surface area contributed by atoms with Crippen LogP contribution < -0.4 is 5.73 Å². The Hall–Kier alpha value is -2.73. The third kappa shape index (κ3) is 6.29. The zero-order chi connectivity index (χ0) is 23.9. The highest BCUT2D eigenvalue weighted by Gasteiger charge is 2.30. The fraction of sp³-hybridized carbons (Fsp3) is 0.333. The smallest absolute Gasteiger partial charge is 0.142 e. The van der Waals surface area contributed by atoms with Gasteiger partial charge in [-0.2, -0.15) is 0 Å². The number of benzene rings is 2. The number of ether oxygens (including phenoxy) is 1. The summed E-state index contributed by atoms with van der Waals surface area (Å²) >= 11 is 1.89. The van der Waals surface area contributed by atoms with Crippen molar-refractivity contribution in [2.24, 2.45) is 5.73 Å². The van der Waals surface area contributed by atoms with Gasteiger partial charge in [0, 0.05) is 41.8 Å². The van der Waals surface area contributed by atoms with Gasteiger partial charge in [-0.3, -0.25) is 9.80 Å². The van der Waals surface area contributed by atoms with Crippen molar-refractivity contribution in [1.82, 2.24) is 9.80 Å². The second-order valence-electron chi connectivity index (χ2n) is 9.49. The molecule has 2 aliphatic heterocycles. The Balaban J connectivity index is 1.22. The summed E-state index contributed by atoms with van der Waals surface area (Å²) in [5.74, 6) is 2.08. The van der Waals surface area contributed by atoms with Crippen LogP contribution >= 0.6 is 11.8 Å². The molecule has 5 rings (SSSR count). The molecule has 0 aromatic heterocycles. The van der Waals surface area contributed by atoms with Crippen LogP contribution in [0.5, 0.6) is 0 Å². The highest BCUT2D eigenvalue weighted by atomic mass is 32.2. The van der Waals surface area contributed by atoms with Gasteiger partial charge in [-0.15, -0.1) is 11.8 Å². The normalized spacial score (nSPS) is 21.3. The molecule has 2 aromatic carbocycles. The lowest BCUT2D eigenvalue weighted by Crippen LogP contribution is -2.47. The van der Waals surface area contributed by atoms with Crippen molar-refractivity contribution in [3.63, 3.8) is 0 Å². The van der Waals surface area contributed by atoms with Gasteiger partial charge in [-0.1, -0.05) is 60.7 Å². The second kappa shape index (κ2) is 11.8. The lowest BCUT2D eigenvalue weighted by Gasteiger charge is -2.41. The molecule has 2 heterocycles. The topological polar surface area (TPSA) is 41.7 Å². The predicted octanol–water partition coefficient (Wildman–Crippen LogP) is 5.72. The molecule has 1 saturated heterocycles. The quantitative estimate of drug-likeness (QED) is 0.508. The Labute approximate surface area is 213 Å². The average Bonchev–Trinajstić information content (AvgIpc) is 2.92. The van der Waals surface area contributed by atoms with Crippen molar-refractivity contribution in [1.29, 1.82) is 0 Å². The zero-order valence-corrected chi connectivity index (χ0v) is 21.1. The van der Waals surface area contributed by atoms with E-state index in [1.807, 2.05) is 17.8 Å². The lowest BCUT2D eigenvalue weighted by atomic mass is 9.91. The van der Waals surface area contributed by atoms with Crippen LogP contribution in [-0.4, -0.2) is 48.0 Å². The van der Waals surface area contributed by atoms with E-state index in [1.165, 1.54) is 40.0 Å². The van der Waals surface area contributed by atoms with E-state index < -0.39 is 0 Å². The molecule has 0 radical (unpaired) electrons. The molecule has 4 nitrogen and oxygen atoms in total. The first-order valence-electron chi connectivity index (χ1n) is 12.6. The maximum Gasteiger partial charge on any atom is 0.142 e. The molecule has 0 spiro atoms. The number of thioether (sulfide) groups is 1. The molecule has 0 unspecified atom stereocenters. The maximum atomic E-state index is 6.34. The summed E-state index contributed by atoms with van der Waals surface area (Å²) in [7, 11) is 0. The van der Waals surface area contributed by atoms with Crippen LogP contribution in [0.25, 0.3) is 0 Å². The molecular weight excluding hydrogens is 450 g/mol. The first kappa shape index (κ1) is 24.0. The van der Waals surface area contributed by atoms with E-state index in [4.69, 9.17) is 10.5 Å². The number of rotatable bonds is 7. The minimum atomic E-state index is 0.587. The van der Waals surface area contributed by atoms with Crippen molar-refractivity contribution < 1.29 is 4.74 Å². The third-order valence-corrected chi connectivity index (χ3v) is 8.18. The molecule has 3 aliphatic rings. The molecule has 0 amide bonds. The number of likely N-dealkylation sites (tertiary alicyclic amines) is 1. The molecule has 0 atom stereocenters. The van der Waals surface area contributed by atoms with Gasteiger partial charge in [0.2, 0.25) is 0 Å². The number of nitrogens with zero attached hydrogens (tertiary/aromatic N) is 2. The minimum Gasteiger partial charge on any atom is -0.482 e. The summed E-state index contributed by atoms with van der Waals surface area (Å²) < 4.78 is 6.34. The Morgan fingerprint density at radius 3 is 2.49 bits per heavy atom. The number of hydrogen-bond donors (Lipinski definition) is 1. The van der Waals surface area contributed by atoms with E-state index in [1.54, 1.807) is 6.20 Å². The van der Waals surface area contributed by atoms with Crippen molar-refractivity contribution in [3.05, 3.63) is 113 Å². The first-order valence-corrected chi connectivity index (χ1v) is 13.6. The molecule has 0 saturated carbocycles. The average molecular weight is 486 g/mol. The van der Waals surface area contributed by atoms with E-state index in [-0.39, 0.29) is 0 Å². The number of piperidine rings is 1. The van der Waals surface area contributed by atoms with Gasteiger partial charge in [0.1, 0.15) is 12.5 Å². The van der Waals surface area contributed by atoms with Crippen LogP contribution in [-0.2, 0) is 11.3 Å². The first-order chi connectivity index (χ1) is 17.3. The van der Waals surface area contributed by atoms with Gasteiger partial charge in [0.15, 0.2) is 0 Å². The summed E-state index contributed by atoms with van der Waals surface area (Å²) in [6.07, 6.45) is 11.3. The summed E-state index contributed by atoms with van der Waals surface area (Å²) in [5, 5.41) is 0. The van der Waals surface area contributed by atoms with Crippen LogP contribution in [0.15, 0.2) is 112 Å². The van der Waals surface area contributed by atoms with Crippen LogP contribution in [0.1, 0.15) is 24.8 Å². The van der Waals surface area contributed by atoms with E-state index in [0.717, 1.165) is 44.1 Å². The van der Waals surface area contributed by atoms with E-state index >= 15 is 0 Å². The van der Waals surface area contributed by atoms with E-state index in [2.05, 4.69) is 82.6 Å². The molecule has 35 heavy (non-hydrogen) atoms. The van der Waals surface area contributed by atoms with Crippen molar-refractivity contribution >= 4 is 11.8 Å². The molecular formula is C30H35N3OS. The van der Waals surface area contributed by atoms with Crippen LogP contribution in [0, 0.1) is 0 Å². The fourth-order valence-electron chi connectivity index (χ4n) is 5.15. The molecule has 1 aliphatic carbocycles. The molecule has 182 valence electrons. The highest BCUT2D eigenvalue weighted by molar-refractivity contribution is 7.99. The van der Waals surface area contributed by atoms with Crippen molar-refractivity contribution in [2.45, 2.75) is 36.7 Å². The van der Waals surface area contributed by atoms with Crippen LogP contribution in [0.3, 0.4) is 0 Å². The Morgan fingerprint density at radius 1 is 1.00 bits per heavy atom. The largest absolute Gasteiger partial charge is 0.482 e. The molecule has 2 N–H and O–H groups in total. The predicted molar refractivity (Wildman–Crippen MR) is 146 cm³/mol. The molecule has 1 fully saturated rings. The summed E-state index contributed by atoms with van der Waals surface area (Å²) in [6, 6.07) is 22.0. The summed E-state index contributed by atoms with van der Waals surface area (Å²) in [6.45, 7) is 5.03. The Kier molecular flexibility index (Phi) is 8.09. The second-order valence-corrected chi connectivity index (χ2v) is 10.5. The van der Waals surface area contributed by atoms with Gasteiger partial charge in [-0.05, 0) is 67.0 Å². The lowest BCUT2D eigenvalue weighted by molar-refractivity contribution is 0.00392. The molecule has 5 heteroatoms. The minimum absolute atomic E-state index is 0.587. The van der Waals surface area contributed by atoms with E-state index in [9.17, 15) is 0 Å². The van der Waals surface area contributed by atoms with Gasteiger partial charge in [0.25, 0.3) is 0 Å². The third-order valence-electron chi connectivity index (χ3n) is 7.12. The SMILES string of the molecule is N/C=C\C=C1/CC2=C(C=C1CSc1ccccc1)CN(C1CCN(Cc3ccccc3)CC1)CO2. The van der Waals surface area contributed by atoms with E-state index in [0.29, 0.717) is 12.8 Å². The Bertz CT molecular complexity index is 1100. The van der Waals surface area contributed by atoms with Gasteiger partial charge < -0.3 is 10.5 Å².